The Kier molecular flexibility index (Phi) is 4.78. The highest BCUT2D eigenvalue weighted by Crippen LogP contribution is 2.14. The van der Waals surface area contributed by atoms with E-state index in [1.54, 1.807) is 12.1 Å². The van der Waals surface area contributed by atoms with E-state index in [4.69, 9.17) is 0 Å². The summed E-state index contributed by atoms with van der Waals surface area (Å²) in [6.45, 7) is 4.17. The van der Waals surface area contributed by atoms with Crippen LogP contribution < -0.4 is 0 Å². The van der Waals surface area contributed by atoms with Crippen LogP contribution in [0.15, 0.2) is 24.3 Å². The van der Waals surface area contributed by atoms with Crippen molar-refractivity contribution in [1.82, 2.24) is 4.90 Å². The Morgan fingerprint density at radius 2 is 1.89 bits per heavy atom. The molecule has 0 aliphatic carbocycles. The van der Waals surface area contributed by atoms with Gasteiger partial charge in [-0.1, -0.05) is 12.1 Å². The second kappa shape index (κ2) is 6.34. The molecule has 0 amide bonds. The van der Waals surface area contributed by atoms with E-state index in [-0.39, 0.29) is 0 Å². The van der Waals surface area contributed by atoms with Crippen LogP contribution in [0.3, 0.4) is 0 Å². The maximum atomic E-state index is 11.3. The Bertz CT molecular complexity index is 395. The molecule has 1 unspecified atom stereocenters. The van der Waals surface area contributed by atoms with Crippen LogP contribution in [0.2, 0.25) is 0 Å². The third-order valence-electron chi connectivity index (χ3n) is 3.62. The first-order valence-electron chi connectivity index (χ1n) is 6.52. The number of phenols is 1. The van der Waals surface area contributed by atoms with Gasteiger partial charge in [0.2, 0.25) is 0 Å². The van der Waals surface area contributed by atoms with Crippen LogP contribution in [-0.2, 0) is 17.2 Å². The van der Waals surface area contributed by atoms with Gasteiger partial charge >= 0.3 is 0 Å². The van der Waals surface area contributed by atoms with Crippen LogP contribution in [0.5, 0.6) is 5.75 Å². The van der Waals surface area contributed by atoms with Crippen molar-refractivity contribution in [3.8, 4) is 5.75 Å². The first-order valence-corrected chi connectivity index (χ1v) is 8.01. The van der Waals surface area contributed by atoms with Crippen molar-refractivity contribution in [1.29, 1.82) is 0 Å². The zero-order valence-electron chi connectivity index (χ0n) is 10.8. The largest absolute Gasteiger partial charge is 0.508 e. The molecule has 2 rings (SSSR count). The Labute approximate surface area is 111 Å². The molecule has 0 radical (unpaired) electrons. The van der Waals surface area contributed by atoms with E-state index in [0.717, 1.165) is 37.4 Å². The van der Waals surface area contributed by atoms with Crippen molar-refractivity contribution in [2.75, 3.05) is 24.6 Å². The minimum absolute atomic E-state index is 0.324. The molecule has 1 atom stereocenters. The van der Waals surface area contributed by atoms with Gasteiger partial charge in [0.05, 0.1) is 0 Å². The van der Waals surface area contributed by atoms with Crippen LogP contribution in [0.1, 0.15) is 18.9 Å². The maximum Gasteiger partial charge on any atom is 0.115 e. The normalized spacial score (nSPS) is 19.8. The fourth-order valence-corrected chi connectivity index (χ4v) is 3.39. The summed E-state index contributed by atoms with van der Waals surface area (Å²) in [7, 11) is -0.589. The highest BCUT2D eigenvalue weighted by atomic mass is 32.2. The lowest BCUT2D eigenvalue weighted by atomic mass is 10.1. The highest BCUT2D eigenvalue weighted by Gasteiger charge is 2.19. The van der Waals surface area contributed by atoms with E-state index in [0.29, 0.717) is 11.8 Å². The lowest BCUT2D eigenvalue weighted by molar-refractivity contribution is 0.218. The minimum atomic E-state index is -0.589. The number of benzene rings is 1. The second-order valence-electron chi connectivity index (χ2n) is 4.94. The number of aromatic hydroxyl groups is 1. The number of phenolic OH excluding ortho intramolecular Hbond substituents is 1. The number of hydrogen-bond acceptors (Lipinski definition) is 3. The lowest BCUT2D eigenvalue weighted by Gasteiger charge is -2.32. The van der Waals surface area contributed by atoms with Crippen LogP contribution >= 0.6 is 0 Å². The average molecular weight is 267 g/mol. The Morgan fingerprint density at radius 1 is 1.28 bits per heavy atom. The van der Waals surface area contributed by atoms with Gasteiger partial charge < -0.3 is 5.11 Å². The molecule has 0 spiro atoms. The molecule has 18 heavy (non-hydrogen) atoms. The molecule has 100 valence electrons. The van der Waals surface area contributed by atoms with Crippen LogP contribution in [0, 0.1) is 0 Å². The van der Waals surface area contributed by atoms with Crippen LogP contribution in [-0.4, -0.2) is 44.9 Å². The van der Waals surface area contributed by atoms with Gasteiger partial charge in [0.1, 0.15) is 5.75 Å². The van der Waals surface area contributed by atoms with E-state index in [1.807, 2.05) is 12.1 Å². The maximum absolute atomic E-state index is 11.3. The molecule has 1 aliphatic heterocycles. The predicted molar refractivity (Wildman–Crippen MR) is 75.3 cm³/mol. The molecular formula is C14H21NO2S. The first kappa shape index (κ1) is 13.6. The fourth-order valence-electron chi connectivity index (χ4n) is 2.31. The number of aryl methyl sites for hydroxylation is 1. The number of nitrogens with zero attached hydrogens (tertiary/aromatic N) is 1. The van der Waals surface area contributed by atoms with Crippen molar-refractivity contribution in [3.63, 3.8) is 0 Å². The summed E-state index contributed by atoms with van der Waals surface area (Å²) in [5, 5.41) is 9.23. The smallest absolute Gasteiger partial charge is 0.115 e. The Hall–Kier alpha value is -0.870. The molecule has 1 aromatic rings. The Balaban J connectivity index is 1.79. The summed E-state index contributed by atoms with van der Waals surface area (Å²) in [5.74, 6) is 1.97. The van der Waals surface area contributed by atoms with Crippen molar-refractivity contribution < 1.29 is 9.32 Å². The fraction of sp³-hybridized carbons (Fsp3) is 0.571. The molecular weight excluding hydrogens is 246 g/mol. The van der Waals surface area contributed by atoms with Gasteiger partial charge in [-0.2, -0.15) is 0 Å². The van der Waals surface area contributed by atoms with E-state index in [1.165, 1.54) is 5.56 Å². The van der Waals surface area contributed by atoms with Gasteiger partial charge in [-0.3, -0.25) is 9.11 Å². The number of hydrogen-bond donors (Lipinski definition) is 1. The summed E-state index contributed by atoms with van der Waals surface area (Å²) < 4.78 is 11.3. The minimum Gasteiger partial charge on any atom is -0.508 e. The van der Waals surface area contributed by atoms with Gasteiger partial charge in [-0.25, -0.2) is 0 Å². The molecule has 1 aliphatic rings. The van der Waals surface area contributed by atoms with E-state index in [9.17, 15) is 9.32 Å². The van der Waals surface area contributed by atoms with Gasteiger partial charge in [0, 0.05) is 41.4 Å². The molecule has 4 heteroatoms. The van der Waals surface area contributed by atoms with Crippen molar-refractivity contribution >= 4 is 10.8 Å². The molecule has 1 saturated heterocycles. The first-order chi connectivity index (χ1) is 8.65. The topological polar surface area (TPSA) is 40.5 Å². The summed E-state index contributed by atoms with van der Waals surface area (Å²) >= 11 is 0. The Morgan fingerprint density at radius 3 is 2.50 bits per heavy atom. The lowest BCUT2D eigenvalue weighted by Crippen LogP contribution is -2.43. The summed E-state index contributed by atoms with van der Waals surface area (Å²) in [6.07, 6.45) is 2.14. The summed E-state index contributed by atoms with van der Waals surface area (Å²) in [4.78, 5) is 2.43. The number of rotatable bonds is 4. The predicted octanol–water partition coefficient (Wildman–Crippen LogP) is 1.78. The monoisotopic (exact) mass is 267 g/mol. The molecule has 1 N–H and O–H groups in total. The molecule has 0 aromatic heterocycles. The second-order valence-corrected chi connectivity index (χ2v) is 6.63. The average Bonchev–Trinajstić information content (AvgIpc) is 2.38. The van der Waals surface area contributed by atoms with Crippen LogP contribution in [0.25, 0.3) is 0 Å². The zero-order valence-corrected chi connectivity index (χ0v) is 11.7. The molecule has 1 heterocycles. The van der Waals surface area contributed by atoms with Crippen molar-refractivity contribution in [3.05, 3.63) is 29.8 Å². The summed E-state index contributed by atoms with van der Waals surface area (Å²) in [6, 6.07) is 7.98. The third-order valence-corrected chi connectivity index (χ3v) is 4.90. The van der Waals surface area contributed by atoms with Crippen molar-refractivity contribution in [2.24, 2.45) is 0 Å². The quantitative estimate of drug-likeness (QED) is 0.904. The molecule has 0 saturated carbocycles. The SMILES string of the molecule is CC(CCc1ccc(O)cc1)N1CCS(=O)CC1. The summed E-state index contributed by atoms with van der Waals surface area (Å²) in [5.41, 5.74) is 1.26. The molecule has 1 aromatic carbocycles. The molecule has 0 bridgehead atoms. The standard InChI is InChI=1S/C14H21NO2S/c1-12(15-8-10-18(17)11-9-15)2-3-13-4-6-14(16)7-5-13/h4-7,12,16H,2-3,8-11H2,1H3. The molecule has 1 fully saturated rings. The molecule has 3 nitrogen and oxygen atoms in total. The van der Waals surface area contributed by atoms with Crippen LogP contribution in [0.4, 0.5) is 0 Å². The van der Waals surface area contributed by atoms with E-state index < -0.39 is 10.8 Å². The van der Waals surface area contributed by atoms with E-state index >= 15 is 0 Å². The van der Waals surface area contributed by atoms with E-state index in [2.05, 4.69) is 11.8 Å². The van der Waals surface area contributed by atoms with Gasteiger partial charge in [-0.05, 0) is 37.5 Å². The third kappa shape index (κ3) is 3.82. The highest BCUT2D eigenvalue weighted by molar-refractivity contribution is 7.85. The van der Waals surface area contributed by atoms with Gasteiger partial charge in [-0.15, -0.1) is 0 Å². The van der Waals surface area contributed by atoms with Crippen molar-refractivity contribution in [2.45, 2.75) is 25.8 Å². The van der Waals surface area contributed by atoms with Gasteiger partial charge in [0.15, 0.2) is 0 Å². The van der Waals surface area contributed by atoms with Gasteiger partial charge in [0.25, 0.3) is 0 Å². The zero-order chi connectivity index (χ0) is 13.0.